The molecule has 0 radical (unpaired) electrons. The minimum Gasteiger partial charge on any atom is -0.378 e. The molecule has 2 aliphatic heterocycles. The SMILES string of the molecule is C=C(C)Nc1nc(C)c(SNC2CCCN(c3ncnc4cc(N5CCOCC5)ccc34)C2)s1. The quantitative estimate of drug-likeness (QED) is 0.461. The van der Waals surface area contributed by atoms with Gasteiger partial charge in [0.2, 0.25) is 0 Å². The van der Waals surface area contributed by atoms with Crippen LogP contribution in [0.25, 0.3) is 10.9 Å². The lowest BCUT2D eigenvalue weighted by atomic mass is 10.1. The second-order valence-electron chi connectivity index (χ2n) is 8.80. The monoisotopic (exact) mass is 497 g/mol. The molecular weight excluding hydrogens is 466 g/mol. The van der Waals surface area contributed by atoms with Gasteiger partial charge in [0.25, 0.3) is 0 Å². The Bertz CT molecular complexity index is 1160. The van der Waals surface area contributed by atoms with Gasteiger partial charge in [0, 0.05) is 49.0 Å². The van der Waals surface area contributed by atoms with Crippen molar-refractivity contribution in [1.82, 2.24) is 19.7 Å². The lowest BCUT2D eigenvalue weighted by Gasteiger charge is -2.34. The molecule has 1 atom stereocenters. The summed E-state index contributed by atoms with van der Waals surface area (Å²) in [6, 6.07) is 6.93. The lowest BCUT2D eigenvalue weighted by Crippen LogP contribution is -2.44. The molecule has 1 unspecified atom stereocenters. The van der Waals surface area contributed by atoms with Crippen molar-refractivity contribution in [1.29, 1.82) is 0 Å². The molecule has 8 nitrogen and oxygen atoms in total. The number of hydrogen-bond acceptors (Lipinski definition) is 10. The molecule has 0 spiro atoms. The lowest BCUT2D eigenvalue weighted by molar-refractivity contribution is 0.122. The Morgan fingerprint density at radius 1 is 1.21 bits per heavy atom. The Balaban J connectivity index is 1.27. The van der Waals surface area contributed by atoms with Gasteiger partial charge in [-0.15, -0.1) is 0 Å². The third-order valence-electron chi connectivity index (χ3n) is 6.09. The van der Waals surface area contributed by atoms with Crippen LogP contribution in [0, 0.1) is 6.92 Å². The van der Waals surface area contributed by atoms with E-state index in [0.29, 0.717) is 6.04 Å². The van der Waals surface area contributed by atoms with Crippen LogP contribution >= 0.6 is 23.3 Å². The Morgan fingerprint density at radius 2 is 2.06 bits per heavy atom. The molecular formula is C24H31N7OS2. The maximum atomic E-state index is 5.50. The van der Waals surface area contributed by atoms with E-state index in [2.05, 4.69) is 61.5 Å². The van der Waals surface area contributed by atoms with Gasteiger partial charge in [-0.3, -0.25) is 4.72 Å². The molecule has 2 aromatic heterocycles. The number of anilines is 3. The maximum absolute atomic E-state index is 5.50. The highest BCUT2D eigenvalue weighted by atomic mass is 32.2. The van der Waals surface area contributed by atoms with Crippen molar-refractivity contribution in [3.63, 3.8) is 0 Å². The predicted molar refractivity (Wildman–Crippen MR) is 142 cm³/mol. The number of nitrogens with zero attached hydrogens (tertiary/aromatic N) is 5. The number of aromatic nitrogens is 3. The largest absolute Gasteiger partial charge is 0.378 e. The first-order valence-corrected chi connectivity index (χ1v) is 13.3. The summed E-state index contributed by atoms with van der Waals surface area (Å²) in [4.78, 5) is 18.6. The molecule has 2 fully saturated rings. The molecule has 0 aliphatic carbocycles. The van der Waals surface area contributed by atoms with E-state index in [1.165, 1.54) is 9.90 Å². The van der Waals surface area contributed by atoms with Crippen LogP contribution < -0.4 is 19.8 Å². The molecule has 0 saturated carbocycles. The zero-order chi connectivity index (χ0) is 23.5. The zero-order valence-corrected chi connectivity index (χ0v) is 21.3. The molecule has 0 amide bonds. The van der Waals surface area contributed by atoms with Gasteiger partial charge in [-0.05, 0) is 56.8 Å². The zero-order valence-electron chi connectivity index (χ0n) is 19.7. The molecule has 2 N–H and O–H groups in total. The van der Waals surface area contributed by atoms with E-state index in [4.69, 9.17) is 9.72 Å². The van der Waals surface area contributed by atoms with Gasteiger partial charge in [-0.25, -0.2) is 15.0 Å². The highest BCUT2D eigenvalue weighted by molar-refractivity contribution is 7.99. The van der Waals surface area contributed by atoms with E-state index in [0.717, 1.165) is 85.5 Å². The van der Waals surface area contributed by atoms with E-state index in [1.807, 2.05) is 6.92 Å². The maximum Gasteiger partial charge on any atom is 0.188 e. The molecule has 1 aromatic carbocycles. The standard InChI is InChI=1S/C24H31N7OS2/c1-16(2)27-24-28-17(3)23(33-24)34-29-18-5-4-8-31(14-18)22-20-7-6-19(13-21(20)25-15-26-22)30-9-11-32-12-10-30/h6-7,13,15,18,29H,1,4-5,8-12,14H2,2-3H3,(H,27,28). The summed E-state index contributed by atoms with van der Waals surface area (Å²) in [5.41, 5.74) is 4.14. The first-order chi connectivity index (χ1) is 16.6. The number of morpholine rings is 1. The van der Waals surface area contributed by atoms with Crippen LogP contribution in [0.2, 0.25) is 0 Å². The fraction of sp³-hybridized carbons (Fsp3) is 0.458. The Kier molecular flexibility index (Phi) is 7.19. The third kappa shape index (κ3) is 5.30. The summed E-state index contributed by atoms with van der Waals surface area (Å²) in [5, 5.41) is 5.22. The third-order valence-corrected chi connectivity index (χ3v) is 8.39. The van der Waals surface area contributed by atoms with Crippen LogP contribution in [0.15, 0.2) is 41.0 Å². The van der Waals surface area contributed by atoms with Crippen LogP contribution in [0.5, 0.6) is 0 Å². The number of piperidine rings is 1. The van der Waals surface area contributed by atoms with Crippen molar-refractivity contribution in [3.8, 4) is 0 Å². The van der Waals surface area contributed by atoms with E-state index >= 15 is 0 Å². The van der Waals surface area contributed by atoms with Gasteiger partial charge in [0.05, 0.1) is 24.4 Å². The number of ether oxygens (including phenoxy) is 1. The molecule has 2 aliphatic rings. The number of benzene rings is 1. The van der Waals surface area contributed by atoms with Gasteiger partial charge in [0.15, 0.2) is 5.13 Å². The van der Waals surface area contributed by atoms with E-state index < -0.39 is 0 Å². The highest BCUT2D eigenvalue weighted by Gasteiger charge is 2.23. The van der Waals surface area contributed by atoms with Crippen LogP contribution in [0.1, 0.15) is 25.5 Å². The molecule has 2 saturated heterocycles. The summed E-state index contributed by atoms with van der Waals surface area (Å²) >= 11 is 3.34. The average molecular weight is 498 g/mol. The molecule has 0 bridgehead atoms. The fourth-order valence-electron chi connectivity index (χ4n) is 4.42. The molecule has 5 rings (SSSR count). The fourth-order valence-corrected chi connectivity index (χ4v) is 6.40. The van der Waals surface area contributed by atoms with E-state index in [9.17, 15) is 0 Å². The number of aryl methyl sites for hydroxylation is 1. The Morgan fingerprint density at radius 3 is 2.88 bits per heavy atom. The van der Waals surface area contributed by atoms with Crippen LogP contribution in [0.4, 0.5) is 16.6 Å². The van der Waals surface area contributed by atoms with Crippen molar-refractivity contribution in [2.45, 2.75) is 36.9 Å². The topological polar surface area (TPSA) is 78.4 Å². The molecule has 180 valence electrons. The molecule has 10 heteroatoms. The van der Waals surface area contributed by atoms with Gasteiger partial charge in [-0.1, -0.05) is 17.9 Å². The number of hydrogen-bond donors (Lipinski definition) is 2. The van der Waals surface area contributed by atoms with Crippen molar-refractivity contribution < 1.29 is 4.74 Å². The number of thiazole rings is 1. The van der Waals surface area contributed by atoms with E-state index in [-0.39, 0.29) is 0 Å². The predicted octanol–water partition coefficient (Wildman–Crippen LogP) is 4.44. The first kappa shape index (κ1) is 23.3. The Hall–Kier alpha value is -2.40. The number of rotatable bonds is 7. The summed E-state index contributed by atoms with van der Waals surface area (Å²) in [7, 11) is 0. The minimum absolute atomic E-state index is 0.371. The highest BCUT2D eigenvalue weighted by Crippen LogP contribution is 2.33. The molecule has 34 heavy (non-hydrogen) atoms. The summed E-state index contributed by atoms with van der Waals surface area (Å²) in [5.74, 6) is 1.02. The molecule has 3 aromatic rings. The second-order valence-corrected chi connectivity index (χ2v) is 10.9. The number of allylic oxidation sites excluding steroid dienone is 1. The first-order valence-electron chi connectivity index (χ1n) is 11.7. The van der Waals surface area contributed by atoms with Crippen LogP contribution in [-0.2, 0) is 4.74 Å². The normalized spacial score (nSPS) is 18.9. The Labute approximate surface area is 209 Å². The minimum atomic E-state index is 0.371. The smallest absolute Gasteiger partial charge is 0.188 e. The van der Waals surface area contributed by atoms with Gasteiger partial charge >= 0.3 is 0 Å². The average Bonchev–Trinajstić information content (AvgIpc) is 3.20. The van der Waals surface area contributed by atoms with Crippen LogP contribution in [-0.4, -0.2) is 60.4 Å². The number of nitrogens with one attached hydrogen (secondary N) is 2. The van der Waals surface area contributed by atoms with Crippen molar-refractivity contribution in [2.75, 3.05) is 54.5 Å². The number of fused-ring (bicyclic) bond motifs is 1. The van der Waals surface area contributed by atoms with E-state index in [1.54, 1.807) is 29.6 Å². The summed E-state index contributed by atoms with van der Waals surface area (Å²) in [6.07, 6.45) is 3.96. The van der Waals surface area contributed by atoms with Crippen LogP contribution in [0.3, 0.4) is 0 Å². The van der Waals surface area contributed by atoms with Crippen molar-refractivity contribution >= 4 is 50.8 Å². The van der Waals surface area contributed by atoms with Gasteiger partial charge in [0.1, 0.15) is 16.4 Å². The molecule has 4 heterocycles. The summed E-state index contributed by atoms with van der Waals surface area (Å²) < 4.78 is 10.4. The van der Waals surface area contributed by atoms with Gasteiger partial charge in [-0.2, -0.15) is 0 Å². The van der Waals surface area contributed by atoms with Gasteiger partial charge < -0.3 is 19.9 Å². The van der Waals surface area contributed by atoms with Crippen molar-refractivity contribution in [2.24, 2.45) is 0 Å². The summed E-state index contributed by atoms with van der Waals surface area (Å²) in [6.45, 7) is 13.2. The second kappa shape index (κ2) is 10.5. The van der Waals surface area contributed by atoms with Crippen molar-refractivity contribution in [3.05, 3.63) is 42.5 Å².